The fourth-order valence-corrected chi connectivity index (χ4v) is 9.40. The highest BCUT2D eigenvalue weighted by molar-refractivity contribution is 5.80. The summed E-state index contributed by atoms with van der Waals surface area (Å²) < 4.78 is 6.50. The zero-order valence-electron chi connectivity index (χ0n) is 34.4. The van der Waals surface area contributed by atoms with Crippen molar-refractivity contribution in [2.24, 2.45) is 5.73 Å². The summed E-state index contributed by atoms with van der Waals surface area (Å²) in [6.07, 6.45) is 21.0. The average Bonchev–Trinajstić information content (AvgIpc) is 3.69. The second-order valence-corrected chi connectivity index (χ2v) is 16.7. The Morgan fingerprint density at radius 2 is 1.55 bits per heavy atom. The van der Waals surface area contributed by atoms with Crippen LogP contribution >= 0.6 is 0 Å². The van der Waals surface area contributed by atoms with Gasteiger partial charge in [-0.2, -0.15) is 0 Å². The second kappa shape index (κ2) is 18.0. The van der Waals surface area contributed by atoms with Gasteiger partial charge in [-0.25, -0.2) is 0 Å². The molecule has 0 radical (unpaired) electrons. The minimum atomic E-state index is -0.0970. The van der Waals surface area contributed by atoms with Gasteiger partial charge in [0.15, 0.2) is 0 Å². The van der Waals surface area contributed by atoms with Crippen LogP contribution in [0.15, 0.2) is 187 Å². The van der Waals surface area contributed by atoms with Crippen LogP contribution < -0.4 is 21.1 Å². The molecule has 0 saturated carbocycles. The molecule has 1 aliphatic heterocycles. The lowest BCUT2D eigenvalue weighted by atomic mass is 9.83. The highest BCUT2D eigenvalue weighted by Crippen LogP contribution is 2.41. The molecule has 60 heavy (non-hydrogen) atoms. The van der Waals surface area contributed by atoms with Gasteiger partial charge in [-0.3, -0.25) is 0 Å². The Kier molecular flexibility index (Phi) is 11.8. The van der Waals surface area contributed by atoms with Gasteiger partial charge in [0.1, 0.15) is 17.6 Å². The van der Waals surface area contributed by atoms with Crippen LogP contribution in [0.3, 0.4) is 0 Å². The molecule has 0 bridgehead atoms. The molecule has 4 aliphatic rings. The van der Waals surface area contributed by atoms with Crippen LogP contribution in [-0.4, -0.2) is 17.3 Å². The molecule has 5 aromatic carbocycles. The maximum absolute atomic E-state index is 11.0. The molecule has 5 atom stereocenters. The first kappa shape index (κ1) is 39.3. The zero-order chi connectivity index (χ0) is 40.8. The fourth-order valence-electron chi connectivity index (χ4n) is 9.40. The van der Waals surface area contributed by atoms with E-state index in [-0.39, 0.29) is 30.1 Å². The smallest absolute Gasteiger partial charge is 0.127 e. The SMILES string of the molecule is CC1Cc2cc(C3=CC(c4ccccc4)C(Nc4ccc(C5=C(C6=CC=CCC6)C(O)=CCC5)cc4)C=C3)cc(CNC(CC(N)c3ccccc3)c3ccccc3)c2O1. The minimum Gasteiger partial charge on any atom is -0.508 e. The maximum Gasteiger partial charge on any atom is 0.127 e. The second-order valence-electron chi connectivity index (χ2n) is 16.7. The predicted octanol–water partition coefficient (Wildman–Crippen LogP) is 12.4. The number of hydrogen-bond donors (Lipinski definition) is 4. The van der Waals surface area contributed by atoms with Gasteiger partial charge in [0, 0.05) is 47.8 Å². The number of nitrogens with two attached hydrogens (primary N) is 1. The van der Waals surface area contributed by atoms with Gasteiger partial charge < -0.3 is 26.2 Å². The average molecular weight is 790 g/mol. The number of fused-ring (bicyclic) bond motifs is 1. The van der Waals surface area contributed by atoms with Crippen molar-refractivity contribution in [1.29, 1.82) is 0 Å². The number of ether oxygens (including phenoxy) is 1. The summed E-state index contributed by atoms with van der Waals surface area (Å²) in [4.78, 5) is 0. The third-order valence-electron chi connectivity index (χ3n) is 12.5. The van der Waals surface area contributed by atoms with Gasteiger partial charge in [0.05, 0.1) is 6.04 Å². The van der Waals surface area contributed by atoms with Crippen molar-refractivity contribution in [2.75, 3.05) is 5.32 Å². The zero-order valence-corrected chi connectivity index (χ0v) is 34.4. The molecule has 302 valence electrons. The molecule has 0 saturated heterocycles. The van der Waals surface area contributed by atoms with Crippen molar-refractivity contribution in [3.8, 4) is 5.75 Å². The van der Waals surface area contributed by atoms with E-state index in [4.69, 9.17) is 10.5 Å². The van der Waals surface area contributed by atoms with E-state index in [0.717, 1.165) is 61.1 Å². The van der Waals surface area contributed by atoms with E-state index in [1.807, 2.05) is 12.1 Å². The molecule has 5 N–H and O–H groups in total. The summed E-state index contributed by atoms with van der Waals surface area (Å²) in [5.41, 5.74) is 21.0. The first-order valence-corrected chi connectivity index (χ1v) is 21.7. The van der Waals surface area contributed by atoms with Crippen LogP contribution in [0, 0.1) is 0 Å². The van der Waals surface area contributed by atoms with Crippen LogP contribution in [0.2, 0.25) is 0 Å². The van der Waals surface area contributed by atoms with E-state index in [1.165, 1.54) is 50.1 Å². The first-order valence-electron chi connectivity index (χ1n) is 21.7. The van der Waals surface area contributed by atoms with E-state index in [1.54, 1.807) is 0 Å². The molecule has 5 nitrogen and oxygen atoms in total. The highest BCUT2D eigenvalue weighted by atomic mass is 16.5. The van der Waals surface area contributed by atoms with Crippen molar-refractivity contribution < 1.29 is 9.84 Å². The lowest BCUT2D eigenvalue weighted by Gasteiger charge is -2.29. The number of aliphatic hydroxyl groups excluding tert-OH is 1. The van der Waals surface area contributed by atoms with Gasteiger partial charge in [-0.15, -0.1) is 0 Å². The molecule has 5 unspecified atom stereocenters. The summed E-state index contributed by atoms with van der Waals surface area (Å²) in [6, 6.07) is 45.4. The quantitative estimate of drug-likeness (QED) is 0.0955. The first-order chi connectivity index (χ1) is 29.5. The van der Waals surface area contributed by atoms with E-state index >= 15 is 0 Å². The van der Waals surface area contributed by atoms with E-state index in [0.29, 0.717) is 12.3 Å². The summed E-state index contributed by atoms with van der Waals surface area (Å²) in [5, 5.41) is 18.8. The number of rotatable bonds is 13. The molecule has 0 fully saturated rings. The number of benzene rings is 5. The van der Waals surface area contributed by atoms with Gasteiger partial charge in [-0.05, 0) is 119 Å². The number of nitrogens with one attached hydrogen (secondary N) is 2. The van der Waals surface area contributed by atoms with Crippen LogP contribution in [0.5, 0.6) is 5.75 Å². The molecular weight excluding hydrogens is 735 g/mol. The molecule has 0 spiro atoms. The Hall–Kier alpha value is -6.14. The van der Waals surface area contributed by atoms with Crippen LogP contribution in [0.25, 0.3) is 11.1 Å². The molecule has 5 aromatic rings. The normalized spacial score (nSPS) is 20.7. The van der Waals surface area contributed by atoms with Gasteiger partial charge >= 0.3 is 0 Å². The van der Waals surface area contributed by atoms with Crippen molar-refractivity contribution in [3.05, 3.63) is 226 Å². The van der Waals surface area contributed by atoms with E-state index in [2.05, 4.69) is 175 Å². The summed E-state index contributed by atoms with van der Waals surface area (Å²) in [6.45, 7) is 2.82. The van der Waals surface area contributed by atoms with Gasteiger partial charge in [0.2, 0.25) is 0 Å². The molecule has 5 heteroatoms. The molecular formula is C55H55N3O2. The third kappa shape index (κ3) is 8.74. The van der Waals surface area contributed by atoms with E-state index < -0.39 is 0 Å². The van der Waals surface area contributed by atoms with Gasteiger partial charge in [0.25, 0.3) is 0 Å². The monoisotopic (exact) mass is 789 g/mol. The van der Waals surface area contributed by atoms with E-state index in [9.17, 15) is 5.11 Å². The topological polar surface area (TPSA) is 79.5 Å². The lowest BCUT2D eigenvalue weighted by molar-refractivity contribution is 0.251. The largest absolute Gasteiger partial charge is 0.508 e. The number of aliphatic hydroxyl groups is 1. The number of allylic oxidation sites excluding steroid dienone is 8. The molecule has 1 heterocycles. The molecule has 0 aromatic heterocycles. The minimum absolute atomic E-state index is 0.0528. The lowest BCUT2D eigenvalue weighted by Crippen LogP contribution is -2.26. The Morgan fingerprint density at radius 3 is 2.28 bits per heavy atom. The molecule has 0 amide bonds. The fraction of sp³-hybridized carbons (Fsp3) is 0.236. The third-order valence-corrected chi connectivity index (χ3v) is 12.5. The van der Waals surface area contributed by atoms with Gasteiger partial charge in [-0.1, -0.05) is 140 Å². The Morgan fingerprint density at radius 1 is 0.817 bits per heavy atom. The Balaban J connectivity index is 0.981. The summed E-state index contributed by atoms with van der Waals surface area (Å²) >= 11 is 0. The number of anilines is 1. The predicted molar refractivity (Wildman–Crippen MR) is 248 cm³/mol. The molecule has 3 aliphatic carbocycles. The van der Waals surface area contributed by atoms with Crippen molar-refractivity contribution in [3.63, 3.8) is 0 Å². The highest BCUT2D eigenvalue weighted by Gasteiger charge is 2.28. The standard InChI is InChI=1S/C55H55N3O2/c1-37-31-45-32-44(33-46(55(45)60-37)36-57-52(41-19-10-4-11-20-41)35-50(56)40-17-8-3-9-18-40)43-27-30-51(49(34-43)38-15-6-2-7-16-38)58-47-28-25-39(26-29-47)48-23-14-24-53(59)54(48)42-21-12-5-13-22-42/h2-12,15-21,24-30,32-34,37,49-52,57-59H,13-14,22-23,31,35-36,56H2,1H3. The maximum atomic E-state index is 11.0. The van der Waals surface area contributed by atoms with Crippen LogP contribution in [-0.2, 0) is 13.0 Å². The van der Waals surface area contributed by atoms with Crippen LogP contribution in [0.1, 0.15) is 96.0 Å². The molecule has 9 rings (SSSR count). The van der Waals surface area contributed by atoms with Crippen molar-refractivity contribution >= 4 is 16.8 Å². The summed E-state index contributed by atoms with van der Waals surface area (Å²) in [7, 11) is 0. The Labute approximate surface area is 355 Å². The summed E-state index contributed by atoms with van der Waals surface area (Å²) in [5.74, 6) is 1.53. The number of hydrogen-bond acceptors (Lipinski definition) is 5. The Bertz CT molecular complexity index is 2480. The van der Waals surface area contributed by atoms with Crippen LogP contribution in [0.4, 0.5) is 5.69 Å². The van der Waals surface area contributed by atoms with Crippen molar-refractivity contribution in [2.45, 2.75) is 82.1 Å². The van der Waals surface area contributed by atoms with Crippen molar-refractivity contribution in [1.82, 2.24) is 5.32 Å².